The van der Waals surface area contributed by atoms with Crippen LogP contribution in [0.2, 0.25) is 0 Å². The van der Waals surface area contributed by atoms with E-state index in [1.165, 1.54) is 11.1 Å². The molecule has 0 amide bonds. The minimum Gasteiger partial charge on any atom is -0.465 e. The normalized spacial score (nSPS) is 13.0. The van der Waals surface area contributed by atoms with Gasteiger partial charge in [-0.25, -0.2) is 0 Å². The van der Waals surface area contributed by atoms with E-state index >= 15 is 0 Å². The van der Waals surface area contributed by atoms with Crippen molar-refractivity contribution in [2.45, 2.75) is 19.6 Å². The fourth-order valence-corrected chi connectivity index (χ4v) is 3.35. The molecule has 3 aromatic rings. The highest BCUT2D eigenvalue weighted by Gasteiger charge is 2.14. The average Bonchev–Trinajstić information content (AvgIpc) is 2.70. The van der Waals surface area contributed by atoms with Gasteiger partial charge in [0.2, 0.25) is 0 Å². The van der Waals surface area contributed by atoms with Gasteiger partial charge in [-0.15, -0.1) is 11.6 Å². The summed E-state index contributed by atoms with van der Waals surface area (Å²) in [5, 5.41) is 9.42. The third-order valence-corrected chi connectivity index (χ3v) is 4.47. The molecule has 0 saturated carbocycles. The minimum atomic E-state index is -0.837. The smallest absolute Gasteiger partial charge is 0.194 e. The molecule has 0 aliphatic rings. The van der Waals surface area contributed by atoms with Crippen molar-refractivity contribution in [3.05, 3.63) is 102 Å². The number of alkyl halides is 1. The molecular weight excluding hydrogens is 356 g/mol. The monoisotopic (exact) mass is 378 g/mol. The topological polar surface area (TPSA) is 29.5 Å². The van der Waals surface area contributed by atoms with Crippen molar-refractivity contribution in [1.29, 1.82) is 0 Å². The highest BCUT2D eigenvalue weighted by Crippen LogP contribution is 2.35. The van der Waals surface area contributed by atoms with Gasteiger partial charge in [0.25, 0.3) is 0 Å². The van der Waals surface area contributed by atoms with Crippen molar-refractivity contribution >= 4 is 22.7 Å². The number of aliphatic hydroxyl groups excluding tert-OH is 1. The van der Waals surface area contributed by atoms with E-state index in [0.717, 1.165) is 23.1 Å². The van der Waals surface area contributed by atoms with Crippen molar-refractivity contribution in [3.8, 4) is 5.75 Å². The Bertz CT molecular complexity index is 869. The van der Waals surface area contributed by atoms with Gasteiger partial charge in [0.05, 0.1) is 0 Å². The number of ether oxygens (including phenoxy) is 1. The van der Waals surface area contributed by atoms with Crippen LogP contribution in [0.25, 0.3) is 11.1 Å². The largest absolute Gasteiger partial charge is 0.465 e. The summed E-state index contributed by atoms with van der Waals surface area (Å²) in [4.78, 5) is 0. The maximum absolute atomic E-state index is 9.42. The molecule has 3 heteroatoms. The van der Waals surface area contributed by atoms with Crippen LogP contribution in [0.4, 0.5) is 0 Å². The van der Waals surface area contributed by atoms with Crippen LogP contribution in [-0.2, 0) is 0 Å². The summed E-state index contributed by atoms with van der Waals surface area (Å²) in [5.74, 6) is 1.18. The number of hydrogen-bond donors (Lipinski definition) is 1. The Morgan fingerprint density at radius 3 is 1.85 bits per heavy atom. The molecule has 0 bridgehead atoms. The number of benzene rings is 3. The summed E-state index contributed by atoms with van der Waals surface area (Å²) >= 11 is 6.17. The zero-order chi connectivity index (χ0) is 19.1. The number of hydrogen-bond acceptors (Lipinski definition) is 2. The van der Waals surface area contributed by atoms with E-state index in [4.69, 9.17) is 16.3 Å². The van der Waals surface area contributed by atoms with E-state index in [0.29, 0.717) is 11.6 Å². The molecule has 0 aliphatic carbocycles. The van der Waals surface area contributed by atoms with Gasteiger partial charge in [-0.1, -0.05) is 72.8 Å². The van der Waals surface area contributed by atoms with Crippen LogP contribution in [0.3, 0.4) is 0 Å². The first-order valence-electron chi connectivity index (χ1n) is 9.04. The zero-order valence-corrected chi connectivity index (χ0v) is 16.1. The van der Waals surface area contributed by atoms with Gasteiger partial charge >= 0.3 is 0 Å². The first-order chi connectivity index (χ1) is 13.2. The summed E-state index contributed by atoms with van der Waals surface area (Å²) in [5.41, 5.74) is 5.77. The molecule has 0 aromatic heterocycles. The molecule has 138 valence electrons. The summed E-state index contributed by atoms with van der Waals surface area (Å²) in [6, 6.07) is 28.5. The van der Waals surface area contributed by atoms with Crippen LogP contribution in [-0.4, -0.2) is 17.3 Å². The van der Waals surface area contributed by atoms with Crippen LogP contribution in [0, 0.1) is 0 Å². The number of rotatable bonds is 7. The molecule has 1 unspecified atom stereocenters. The summed E-state index contributed by atoms with van der Waals surface area (Å²) in [6.45, 7) is 1.59. The lowest BCUT2D eigenvalue weighted by Crippen LogP contribution is -2.09. The summed E-state index contributed by atoms with van der Waals surface area (Å²) in [6.07, 6.45) is -0.0713. The van der Waals surface area contributed by atoms with Crippen LogP contribution < -0.4 is 4.74 Å². The quantitative estimate of drug-likeness (QED) is 0.311. The van der Waals surface area contributed by atoms with Crippen molar-refractivity contribution < 1.29 is 9.84 Å². The molecule has 1 N–H and O–H groups in total. The minimum absolute atomic E-state index is 0.545. The molecule has 27 heavy (non-hydrogen) atoms. The molecule has 0 fully saturated rings. The summed E-state index contributed by atoms with van der Waals surface area (Å²) in [7, 11) is 0. The Kier molecular flexibility index (Phi) is 6.69. The maximum atomic E-state index is 9.42. The lowest BCUT2D eigenvalue weighted by Gasteiger charge is -2.17. The molecule has 0 spiro atoms. The van der Waals surface area contributed by atoms with Crippen molar-refractivity contribution in [1.82, 2.24) is 0 Å². The molecule has 0 saturated heterocycles. The molecule has 0 heterocycles. The van der Waals surface area contributed by atoms with E-state index in [1.54, 1.807) is 6.92 Å². The fourth-order valence-electron chi connectivity index (χ4n) is 3.16. The van der Waals surface area contributed by atoms with Gasteiger partial charge in [0.15, 0.2) is 6.29 Å². The van der Waals surface area contributed by atoms with Crippen LogP contribution in [0.15, 0.2) is 84.9 Å². The Labute approximate surface area is 165 Å². The Morgan fingerprint density at radius 2 is 1.33 bits per heavy atom. The van der Waals surface area contributed by atoms with Crippen LogP contribution in [0.1, 0.15) is 30.0 Å². The second-order valence-electron chi connectivity index (χ2n) is 6.27. The standard InChI is InChI=1S/C24H23ClO2/c1-18(26)27-22-14-12-21(13-15-22)24(20-10-6-3-7-11-20)23(16-17-25)19-8-4-2-5-9-19/h2-15,18,26H,16-17H2,1H3. The third kappa shape index (κ3) is 5.00. The van der Waals surface area contributed by atoms with Crippen LogP contribution in [0.5, 0.6) is 5.75 Å². The van der Waals surface area contributed by atoms with Crippen molar-refractivity contribution in [2.24, 2.45) is 0 Å². The number of allylic oxidation sites excluding steroid dienone is 1. The third-order valence-electron chi connectivity index (χ3n) is 4.28. The predicted molar refractivity (Wildman–Crippen MR) is 113 cm³/mol. The Morgan fingerprint density at radius 1 is 0.815 bits per heavy atom. The first-order valence-corrected chi connectivity index (χ1v) is 9.57. The van der Waals surface area contributed by atoms with E-state index in [9.17, 15) is 5.11 Å². The number of aliphatic hydroxyl groups is 1. The second kappa shape index (κ2) is 9.40. The van der Waals surface area contributed by atoms with Gasteiger partial charge in [0.1, 0.15) is 5.75 Å². The van der Waals surface area contributed by atoms with Gasteiger partial charge < -0.3 is 9.84 Å². The molecule has 2 nitrogen and oxygen atoms in total. The van der Waals surface area contributed by atoms with Crippen molar-refractivity contribution in [2.75, 3.05) is 5.88 Å². The van der Waals surface area contributed by atoms with Crippen molar-refractivity contribution in [3.63, 3.8) is 0 Å². The predicted octanol–water partition coefficient (Wildman–Crippen LogP) is 5.99. The molecule has 1 atom stereocenters. The fraction of sp³-hybridized carbons (Fsp3) is 0.167. The van der Waals surface area contributed by atoms with Crippen LogP contribution >= 0.6 is 11.6 Å². The molecular formula is C24H23ClO2. The lowest BCUT2D eigenvalue weighted by molar-refractivity contribution is -0.000293. The lowest BCUT2D eigenvalue weighted by atomic mass is 9.88. The van der Waals surface area contributed by atoms with Gasteiger partial charge in [-0.2, -0.15) is 0 Å². The average molecular weight is 379 g/mol. The SMILES string of the molecule is CC(O)Oc1ccc(C(=C(CCCl)c2ccccc2)c2ccccc2)cc1. The van der Waals surface area contributed by atoms with E-state index in [-0.39, 0.29) is 0 Å². The Hall–Kier alpha value is -2.55. The molecule has 3 aromatic carbocycles. The highest BCUT2D eigenvalue weighted by atomic mass is 35.5. The molecule has 0 radical (unpaired) electrons. The van der Waals surface area contributed by atoms with E-state index < -0.39 is 6.29 Å². The highest BCUT2D eigenvalue weighted by molar-refractivity contribution is 6.18. The zero-order valence-electron chi connectivity index (χ0n) is 15.3. The second-order valence-corrected chi connectivity index (χ2v) is 6.64. The van der Waals surface area contributed by atoms with Gasteiger partial charge in [0, 0.05) is 5.88 Å². The summed E-state index contributed by atoms with van der Waals surface area (Å²) < 4.78 is 5.37. The Balaban J connectivity index is 2.16. The maximum Gasteiger partial charge on any atom is 0.194 e. The van der Waals surface area contributed by atoms with E-state index in [1.807, 2.05) is 60.7 Å². The van der Waals surface area contributed by atoms with E-state index in [2.05, 4.69) is 24.3 Å². The van der Waals surface area contributed by atoms with Gasteiger partial charge in [-0.05, 0) is 53.3 Å². The molecule has 0 aliphatic heterocycles. The number of halogens is 1. The van der Waals surface area contributed by atoms with Gasteiger partial charge in [-0.3, -0.25) is 0 Å². The molecule has 3 rings (SSSR count). The first kappa shape index (κ1) is 19.2.